The van der Waals surface area contributed by atoms with Gasteiger partial charge in [0, 0.05) is 24.7 Å². The Morgan fingerprint density at radius 3 is 2.69 bits per heavy atom. The number of halogens is 1. The van der Waals surface area contributed by atoms with E-state index in [0.717, 1.165) is 62.4 Å². The highest BCUT2D eigenvalue weighted by Gasteiger charge is 2.27. The molecule has 1 amide bonds. The van der Waals surface area contributed by atoms with Gasteiger partial charge in [-0.2, -0.15) is 0 Å². The molecule has 0 spiro atoms. The molecule has 1 aromatic heterocycles. The molecule has 0 radical (unpaired) electrons. The lowest BCUT2D eigenvalue weighted by Crippen LogP contribution is -2.42. The van der Waals surface area contributed by atoms with E-state index in [1.165, 1.54) is 11.1 Å². The highest BCUT2D eigenvalue weighted by molar-refractivity contribution is 6.30. The average molecular weight is 498 g/mol. The minimum absolute atomic E-state index is 0.194. The van der Waals surface area contributed by atoms with Crippen LogP contribution in [-0.2, 0) is 17.9 Å². The lowest BCUT2D eigenvalue weighted by atomic mass is 9.93. The van der Waals surface area contributed by atoms with Crippen LogP contribution in [0.15, 0.2) is 42.5 Å². The molecule has 188 valence electrons. The van der Waals surface area contributed by atoms with Crippen molar-refractivity contribution in [2.45, 2.75) is 72.1 Å². The van der Waals surface area contributed by atoms with Gasteiger partial charge in [0.15, 0.2) is 0 Å². The van der Waals surface area contributed by atoms with Crippen molar-refractivity contribution in [2.24, 2.45) is 5.92 Å². The molecule has 1 saturated heterocycles. The first-order valence-corrected chi connectivity index (χ1v) is 12.9. The number of piperidine rings is 1. The Kier molecular flexibility index (Phi) is 7.90. The molecule has 1 aliphatic rings. The van der Waals surface area contributed by atoms with Gasteiger partial charge in [0.2, 0.25) is 0 Å². The number of ether oxygens (including phenoxy) is 2. The molecule has 6 nitrogen and oxygen atoms in total. The minimum Gasteiger partial charge on any atom is -0.486 e. The maximum absolute atomic E-state index is 12.5. The first-order valence-electron chi connectivity index (χ1n) is 12.5. The number of carbonyl (C=O) groups excluding carboxylic acids is 1. The van der Waals surface area contributed by atoms with E-state index < -0.39 is 5.60 Å². The number of para-hydroxylation sites is 1. The van der Waals surface area contributed by atoms with E-state index in [-0.39, 0.29) is 6.09 Å². The second-order valence-corrected chi connectivity index (χ2v) is 10.9. The fraction of sp³-hybridized carbons (Fsp3) is 0.500. The number of aromatic nitrogens is 2. The summed E-state index contributed by atoms with van der Waals surface area (Å²) in [6.45, 7) is 10.7. The Bertz CT molecular complexity index is 1150. The Labute approximate surface area is 213 Å². The fourth-order valence-corrected chi connectivity index (χ4v) is 4.90. The Morgan fingerprint density at radius 2 is 1.94 bits per heavy atom. The standard InChI is InChI=1S/C28H36ClN3O3/c1-20-8-5-11-24-26(20)32(25(30-24)19-34-23-14-12-22(29)13-15-23)17-7-10-21-9-6-16-31(18-21)27(33)35-28(2,3)4/h5,8,11-15,21H,6-7,9-10,16-19H2,1-4H3. The van der Waals surface area contributed by atoms with Crippen LogP contribution < -0.4 is 4.74 Å². The fourth-order valence-electron chi connectivity index (χ4n) is 4.77. The summed E-state index contributed by atoms with van der Waals surface area (Å²) in [4.78, 5) is 19.3. The lowest BCUT2D eigenvalue weighted by molar-refractivity contribution is 0.0160. The first kappa shape index (κ1) is 25.4. The third-order valence-corrected chi connectivity index (χ3v) is 6.65. The van der Waals surface area contributed by atoms with Crippen molar-refractivity contribution >= 4 is 28.7 Å². The number of nitrogens with zero attached hydrogens (tertiary/aromatic N) is 3. The molecule has 0 aliphatic carbocycles. The molecule has 35 heavy (non-hydrogen) atoms. The van der Waals surface area contributed by atoms with Crippen molar-refractivity contribution in [3.05, 3.63) is 58.9 Å². The highest BCUT2D eigenvalue weighted by Crippen LogP contribution is 2.26. The first-order chi connectivity index (χ1) is 16.7. The van der Waals surface area contributed by atoms with E-state index >= 15 is 0 Å². The molecule has 4 rings (SSSR count). The summed E-state index contributed by atoms with van der Waals surface area (Å²) in [5, 5.41) is 0.688. The van der Waals surface area contributed by atoms with E-state index in [1.807, 2.05) is 56.0 Å². The summed E-state index contributed by atoms with van der Waals surface area (Å²) in [7, 11) is 0. The quantitative estimate of drug-likeness (QED) is 0.352. The zero-order chi connectivity index (χ0) is 25.0. The van der Waals surface area contributed by atoms with E-state index in [9.17, 15) is 4.79 Å². The number of amides is 1. The normalized spacial score (nSPS) is 16.5. The van der Waals surface area contributed by atoms with Crippen LogP contribution in [-0.4, -0.2) is 39.2 Å². The number of imidazole rings is 1. The predicted molar refractivity (Wildman–Crippen MR) is 140 cm³/mol. The predicted octanol–water partition coefficient (Wildman–Crippen LogP) is 7.00. The van der Waals surface area contributed by atoms with Gasteiger partial charge in [-0.05, 0) is 95.2 Å². The molecule has 0 bridgehead atoms. The summed E-state index contributed by atoms with van der Waals surface area (Å²) in [5.74, 6) is 2.18. The van der Waals surface area contributed by atoms with Crippen molar-refractivity contribution in [1.29, 1.82) is 0 Å². The van der Waals surface area contributed by atoms with E-state index in [0.29, 0.717) is 17.5 Å². The third-order valence-electron chi connectivity index (χ3n) is 6.39. The maximum atomic E-state index is 12.5. The van der Waals surface area contributed by atoms with Crippen LogP contribution in [0, 0.1) is 12.8 Å². The third kappa shape index (κ3) is 6.69. The second-order valence-electron chi connectivity index (χ2n) is 10.4. The Balaban J connectivity index is 1.41. The SMILES string of the molecule is Cc1cccc2nc(COc3ccc(Cl)cc3)n(CCCC3CCCN(C(=O)OC(C)(C)C)C3)c12. The van der Waals surface area contributed by atoms with Crippen LogP contribution in [0.4, 0.5) is 4.79 Å². The number of likely N-dealkylation sites (tertiary alicyclic amines) is 1. The largest absolute Gasteiger partial charge is 0.486 e. The highest BCUT2D eigenvalue weighted by atomic mass is 35.5. The van der Waals surface area contributed by atoms with E-state index in [4.69, 9.17) is 26.1 Å². The molecule has 2 heterocycles. The van der Waals surface area contributed by atoms with Crippen LogP contribution >= 0.6 is 11.6 Å². The van der Waals surface area contributed by atoms with Crippen molar-refractivity contribution in [3.8, 4) is 5.75 Å². The maximum Gasteiger partial charge on any atom is 0.410 e. The topological polar surface area (TPSA) is 56.6 Å². The Hall–Kier alpha value is -2.73. The van der Waals surface area contributed by atoms with Crippen LogP contribution in [0.5, 0.6) is 5.75 Å². The minimum atomic E-state index is -0.463. The number of benzene rings is 2. The zero-order valence-electron chi connectivity index (χ0n) is 21.2. The second kappa shape index (κ2) is 10.9. The molecular weight excluding hydrogens is 462 g/mol. The number of carbonyl (C=O) groups is 1. The number of fused-ring (bicyclic) bond motifs is 1. The average Bonchev–Trinajstić information content (AvgIpc) is 3.16. The summed E-state index contributed by atoms with van der Waals surface area (Å²) < 4.78 is 13.9. The van der Waals surface area contributed by atoms with Crippen LogP contribution in [0.2, 0.25) is 5.02 Å². The number of hydrogen-bond acceptors (Lipinski definition) is 4. The molecule has 3 aromatic rings. The Morgan fingerprint density at radius 1 is 1.17 bits per heavy atom. The van der Waals surface area contributed by atoms with Gasteiger partial charge in [-0.15, -0.1) is 0 Å². The van der Waals surface area contributed by atoms with Gasteiger partial charge in [-0.3, -0.25) is 0 Å². The van der Waals surface area contributed by atoms with Crippen LogP contribution in [0.1, 0.15) is 57.8 Å². The zero-order valence-corrected chi connectivity index (χ0v) is 22.0. The molecule has 2 aromatic carbocycles. The van der Waals surface area contributed by atoms with E-state index in [2.05, 4.69) is 23.6 Å². The van der Waals surface area contributed by atoms with Crippen LogP contribution in [0.3, 0.4) is 0 Å². The smallest absolute Gasteiger partial charge is 0.410 e. The molecule has 1 fully saturated rings. The van der Waals surface area contributed by atoms with Crippen molar-refractivity contribution in [1.82, 2.24) is 14.5 Å². The molecule has 1 aliphatic heterocycles. The monoisotopic (exact) mass is 497 g/mol. The number of rotatable bonds is 7. The van der Waals surface area contributed by atoms with Crippen molar-refractivity contribution in [3.63, 3.8) is 0 Å². The lowest BCUT2D eigenvalue weighted by Gasteiger charge is -2.34. The van der Waals surface area contributed by atoms with Gasteiger partial charge in [0.05, 0.1) is 11.0 Å². The molecular formula is C28H36ClN3O3. The molecule has 7 heteroatoms. The molecule has 0 N–H and O–H groups in total. The summed E-state index contributed by atoms with van der Waals surface area (Å²) in [6.07, 6.45) is 4.05. The van der Waals surface area contributed by atoms with Crippen molar-refractivity contribution in [2.75, 3.05) is 13.1 Å². The van der Waals surface area contributed by atoms with Crippen molar-refractivity contribution < 1.29 is 14.3 Å². The number of aryl methyl sites for hydroxylation is 2. The van der Waals surface area contributed by atoms with Gasteiger partial charge in [-0.1, -0.05) is 23.7 Å². The molecule has 0 saturated carbocycles. The van der Waals surface area contributed by atoms with E-state index in [1.54, 1.807) is 0 Å². The van der Waals surface area contributed by atoms with Gasteiger partial charge in [-0.25, -0.2) is 9.78 Å². The molecule has 1 unspecified atom stereocenters. The summed E-state index contributed by atoms with van der Waals surface area (Å²) in [5.41, 5.74) is 2.91. The summed E-state index contributed by atoms with van der Waals surface area (Å²) in [6, 6.07) is 13.6. The van der Waals surface area contributed by atoms with Gasteiger partial charge < -0.3 is 18.9 Å². The molecule has 1 atom stereocenters. The van der Waals surface area contributed by atoms with Gasteiger partial charge in [0.25, 0.3) is 0 Å². The van der Waals surface area contributed by atoms with Crippen LogP contribution in [0.25, 0.3) is 11.0 Å². The van der Waals surface area contributed by atoms with Gasteiger partial charge >= 0.3 is 6.09 Å². The van der Waals surface area contributed by atoms with Gasteiger partial charge in [0.1, 0.15) is 23.8 Å². The number of hydrogen-bond donors (Lipinski definition) is 0. The summed E-state index contributed by atoms with van der Waals surface area (Å²) >= 11 is 6.00.